The number of hydrogen-bond donors (Lipinski definition) is 1. The van der Waals surface area contributed by atoms with Crippen LogP contribution in [-0.4, -0.2) is 12.6 Å². The van der Waals surface area contributed by atoms with Crippen LogP contribution in [0.5, 0.6) is 0 Å². The van der Waals surface area contributed by atoms with E-state index in [1.807, 2.05) is 0 Å². The lowest BCUT2D eigenvalue weighted by Crippen LogP contribution is -2.13. The van der Waals surface area contributed by atoms with E-state index < -0.39 is 17.7 Å². The summed E-state index contributed by atoms with van der Waals surface area (Å²) in [6, 6.07) is 1.75. The fraction of sp³-hybridized carbons (Fsp3) is 0.533. The molecule has 0 aliphatic heterocycles. The van der Waals surface area contributed by atoms with Crippen LogP contribution in [0.4, 0.5) is 8.78 Å². The number of ether oxygens (including phenoxy) is 1. The smallest absolute Gasteiger partial charge is 0.305 e. The largest absolute Gasteiger partial charge is 0.466 e. The predicted octanol–water partition coefficient (Wildman–Crippen LogP) is 3.40. The van der Waals surface area contributed by atoms with E-state index in [0.29, 0.717) is 32.3 Å². The molecule has 0 heterocycles. The van der Waals surface area contributed by atoms with Gasteiger partial charge >= 0.3 is 5.97 Å². The molecular weight excluding hydrogens is 264 g/mol. The maximum absolute atomic E-state index is 13.7. The summed E-state index contributed by atoms with van der Waals surface area (Å²) >= 11 is 0. The average Bonchev–Trinajstić information content (AvgIpc) is 2.39. The van der Waals surface area contributed by atoms with Gasteiger partial charge in [0.1, 0.15) is 11.6 Å². The summed E-state index contributed by atoms with van der Waals surface area (Å²) in [5.41, 5.74) is 6.32. The van der Waals surface area contributed by atoms with Crippen molar-refractivity contribution in [3.8, 4) is 0 Å². The van der Waals surface area contributed by atoms with Crippen molar-refractivity contribution in [2.24, 2.45) is 5.73 Å². The minimum Gasteiger partial charge on any atom is -0.466 e. The van der Waals surface area contributed by atoms with Crippen molar-refractivity contribution < 1.29 is 18.3 Å². The van der Waals surface area contributed by atoms with Crippen molar-refractivity contribution in [3.63, 3.8) is 0 Å². The Morgan fingerprint density at radius 3 is 2.65 bits per heavy atom. The molecule has 2 N–H and O–H groups in total. The third-order valence-corrected chi connectivity index (χ3v) is 3.13. The Kier molecular flexibility index (Phi) is 6.58. The van der Waals surface area contributed by atoms with Gasteiger partial charge in [-0.25, -0.2) is 8.78 Å². The van der Waals surface area contributed by atoms with Gasteiger partial charge in [0.05, 0.1) is 6.61 Å². The standard InChI is InChI=1S/C15H21F2NO2/c1-3-20-15(19)7-5-4-6-14(18)11-9-12(16)10(2)8-13(11)17/h8-9,14H,3-7,18H2,1-2H3. The molecule has 0 saturated carbocycles. The third kappa shape index (κ3) is 4.89. The molecule has 0 spiro atoms. The van der Waals surface area contributed by atoms with E-state index in [2.05, 4.69) is 0 Å². The highest BCUT2D eigenvalue weighted by Gasteiger charge is 2.14. The Balaban J connectivity index is 2.45. The maximum Gasteiger partial charge on any atom is 0.305 e. The van der Waals surface area contributed by atoms with Crippen LogP contribution in [0.3, 0.4) is 0 Å². The molecule has 0 aliphatic rings. The minimum absolute atomic E-state index is 0.184. The summed E-state index contributed by atoms with van der Waals surface area (Å²) < 4.78 is 31.9. The van der Waals surface area contributed by atoms with Crippen molar-refractivity contribution in [2.45, 2.75) is 45.6 Å². The second-order valence-corrected chi connectivity index (χ2v) is 4.78. The highest BCUT2D eigenvalue weighted by molar-refractivity contribution is 5.69. The molecule has 0 fully saturated rings. The Labute approximate surface area is 118 Å². The highest BCUT2D eigenvalue weighted by Crippen LogP contribution is 2.23. The molecule has 0 bridgehead atoms. The number of carbonyl (C=O) groups excluding carboxylic acids is 1. The fourth-order valence-corrected chi connectivity index (χ4v) is 1.97. The van der Waals surface area contributed by atoms with Crippen molar-refractivity contribution in [1.29, 1.82) is 0 Å². The molecule has 1 rings (SSSR count). The number of benzene rings is 1. The first-order valence-electron chi connectivity index (χ1n) is 6.82. The quantitative estimate of drug-likeness (QED) is 0.617. The number of aryl methyl sites for hydroxylation is 1. The van der Waals surface area contributed by atoms with Gasteiger partial charge in [-0.2, -0.15) is 0 Å². The van der Waals surface area contributed by atoms with E-state index in [9.17, 15) is 13.6 Å². The van der Waals surface area contributed by atoms with E-state index >= 15 is 0 Å². The molecule has 0 radical (unpaired) electrons. The molecule has 0 aromatic heterocycles. The van der Waals surface area contributed by atoms with Crippen LogP contribution in [0, 0.1) is 18.6 Å². The van der Waals surface area contributed by atoms with Crippen LogP contribution in [0.1, 0.15) is 49.8 Å². The van der Waals surface area contributed by atoms with Crippen LogP contribution >= 0.6 is 0 Å². The first-order chi connectivity index (χ1) is 9.45. The second-order valence-electron chi connectivity index (χ2n) is 4.78. The van der Waals surface area contributed by atoms with Crippen LogP contribution in [0.25, 0.3) is 0 Å². The van der Waals surface area contributed by atoms with E-state index in [-0.39, 0.29) is 17.1 Å². The van der Waals surface area contributed by atoms with Gasteiger partial charge in [-0.1, -0.05) is 6.42 Å². The van der Waals surface area contributed by atoms with Gasteiger partial charge in [0.15, 0.2) is 0 Å². The normalized spacial score (nSPS) is 12.2. The van der Waals surface area contributed by atoms with Gasteiger partial charge < -0.3 is 10.5 Å². The molecule has 20 heavy (non-hydrogen) atoms. The SMILES string of the molecule is CCOC(=O)CCCCC(N)c1cc(F)c(C)cc1F. The number of esters is 1. The molecule has 1 atom stereocenters. The van der Waals surface area contributed by atoms with Gasteiger partial charge in [0.2, 0.25) is 0 Å². The van der Waals surface area contributed by atoms with Crippen molar-refractivity contribution in [2.75, 3.05) is 6.61 Å². The van der Waals surface area contributed by atoms with Crippen molar-refractivity contribution >= 4 is 5.97 Å². The Hall–Kier alpha value is -1.49. The van der Waals surface area contributed by atoms with E-state index in [0.717, 1.165) is 12.1 Å². The number of unbranched alkanes of at least 4 members (excludes halogenated alkanes) is 1. The molecule has 0 aliphatic carbocycles. The summed E-state index contributed by atoms with van der Waals surface area (Å²) in [7, 11) is 0. The van der Waals surface area contributed by atoms with Gasteiger partial charge in [0, 0.05) is 18.0 Å². The van der Waals surface area contributed by atoms with Gasteiger partial charge in [-0.05, 0) is 44.4 Å². The van der Waals surface area contributed by atoms with Crippen LogP contribution in [0.15, 0.2) is 12.1 Å². The Bertz CT molecular complexity index is 463. The molecule has 1 aromatic carbocycles. The topological polar surface area (TPSA) is 52.3 Å². The summed E-state index contributed by atoms with van der Waals surface area (Å²) in [6.07, 6.45) is 2.11. The lowest BCUT2D eigenvalue weighted by Gasteiger charge is -2.13. The zero-order valence-electron chi connectivity index (χ0n) is 11.9. The third-order valence-electron chi connectivity index (χ3n) is 3.13. The van der Waals surface area contributed by atoms with Gasteiger partial charge in [-0.15, -0.1) is 0 Å². The monoisotopic (exact) mass is 285 g/mol. The summed E-state index contributed by atoms with van der Waals surface area (Å²) in [4.78, 5) is 11.1. The predicted molar refractivity (Wildman–Crippen MR) is 73.1 cm³/mol. The average molecular weight is 285 g/mol. The Morgan fingerprint density at radius 1 is 1.30 bits per heavy atom. The summed E-state index contributed by atoms with van der Waals surface area (Å²) in [5.74, 6) is -1.18. The lowest BCUT2D eigenvalue weighted by atomic mass is 9.99. The van der Waals surface area contributed by atoms with E-state index in [1.54, 1.807) is 6.92 Å². The zero-order valence-corrected chi connectivity index (χ0v) is 11.9. The van der Waals surface area contributed by atoms with Crippen LogP contribution < -0.4 is 5.73 Å². The van der Waals surface area contributed by atoms with Crippen molar-refractivity contribution in [1.82, 2.24) is 0 Å². The first kappa shape index (κ1) is 16.6. The molecule has 1 unspecified atom stereocenters. The maximum atomic E-state index is 13.7. The lowest BCUT2D eigenvalue weighted by molar-refractivity contribution is -0.143. The van der Waals surface area contributed by atoms with Crippen molar-refractivity contribution in [3.05, 3.63) is 34.9 Å². The number of halogens is 2. The zero-order chi connectivity index (χ0) is 15.1. The molecular formula is C15H21F2NO2. The van der Waals surface area contributed by atoms with Gasteiger partial charge in [-0.3, -0.25) is 4.79 Å². The Morgan fingerprint density at radius 2 is 2.00 bits per heavy atom. The van der Waals surface area contributed by atoms with E-state index in [1.165, 1.54) is 6.92 Å². The molecule has 112 valence electrons. The summed E-state index contributed by atoms with van der Waals surface area (Å²) in [6.45, 7) is 3.63. The molecule has 3 nitrogen and oxygen atoms in total. The second kappa shape index (κ2) is 7.94. The first-order valence-corrected chi connectivity index (χ1v) is 6.82. The highest BCUT2D eigenvalue weighted by atomic mass is 19.1. The van der Waals surface area contributed by atoms with Crippen LogP contribution in [0.2, 0.25) is 0 Å². The minimum atomic E-state index is -0.563. The molecule has 0 amide bonds. The fourth-order valence-electron chi connectivity index (χ4n) is 1.97. The number of nitrogens with two attached hydrogens (primary N) is 1. The summed E-state index contributed by atoms with van der Waals surface area (Å²) in [5, 5.41) is 0. The molecule has 5 heteroatoms. The number of carbonyl (C=O) groups is 1. The molecule has 1 aromatic rings. The molecule has 0 saturated heterocycles. The van der Waals surface area contributed by atoms with Crippen LogP contribution in [-0.2, 0) is 9.53 Å². The van der Waals surface area contributed by atoms with Gasteiger partial charge in [0.25, 0.3) is 0 Å². The number of hydrogen-bond acceptors (Lipinski definition) is 3. The van der Waals surface area contributed by atoms with E-state index in [4.69, 9.17) is 10.5 Å². The number of rotatable bonds is 7.